The molecule has 1 aromatic heterocycles. The van der Waals surface area contributed by atoms with Crippen LogP contribution in [0.15, 0.2) is 18.5 Å². The summed E-state index contributed by atoms with van der Waals surface area (Å²) in [6.07, 6.45) is 6.41. The summed E-state index contributed by atoms with van der Waals surface area (Å²) in [6.45, 7) is 7.89. The fourth-order valence-corrected chi connectivity index (χ4v) is 2.12. The molecule has 19 heavy (non-hydrogen) atoms. The van der Waals surface area contributed by atoms with E-state index in [-0.39, 0.29) is 6.10 Å². The monoisotopic (exact) mass is 265 g/mol. The van der Waals surface area contributed by atoms with Gasteiger partial charge in [0.2, 0.25) is 0 Å². The van der Waals surface area contributed by atoms with Gasteiger partial charge in [0.05, 0.1) is 29.9 Å². The van der Waals surface area contributed by atoms with Gasteiger partial charge >= 0.3 is 0 Å². The Kier molecular flexibility index (Phi) is 7.26. The molecule has 1 heterocycles. The van der Waals surface area contributed by atoms with Crippen molar-refractivity contribution in [2.75, 3.05) is 23.7 Å². The van der Waals surface area contributed by atoms with Gasteiger partial charge in [0.15, 0.2) is 0 Å². The maximum Gasteiger partial charge on any atom is 0.0740 e. The molecule has 0 saturated heterocycles. The van der Waals surface area contributed by atoms with Crippen LogP contribution in [0.5, 0.6) is 0 Å². The summed E-state index contributed by atoms with van der Waals surface area (Å²) >= 11 is 0. The van der Waals surface area contributed by atoms with Gasteiger partial charge in [0, 0.05) is 13.1 Å². The van der Waals surface area contributed by atoms with Crippen LogP contribution in [0.1, 0.15) is 40.0 Å². The minimum atomic E-state index is -0.303. The zero-order chi connectivity index (χ0) is 14.1. The molecule has 0 aromatic carbocycles. The Morgan fingerprint density at radius 1 is 1.11 bits per heavy atom. The Bertz CT molecular complexity index is 353. The van der Waals surface area contributed by atoms with Gasteiger partial charge in [-0.1, -0.05) is 33.6 Å². The second-order valence-corrected chi connectivity index (χ2v) is 4.91. The summed E-state index contributed by atoms with van der Waals surface area (Å²) in [7, 11) is 0. The second-order valence-electron chi connectivity index (χ2n) is 4.91. The van der Waals surface area contributed by atoms with Crippen molar-refractivity contribution in [3.8, 4) is 0 Å². The molecular formula is C15H27N3O. The minimum absolute atomic E-state index is 0.303. The van der Waals surface area contributed by atoms with E-state index in [1.54, 1.807) is 6.20 Å². The van der Waals surface area contributed by atoms with Crippen molar-refractivity contribution in [3.05, 3.63) is 18.5 Å². The van der Waals surface area contributed by atoms with Crippen molar-refractivity contribution in [2.24, 2.45) is 5.92 Å². The lowest BCUT2D eigenvalue weighted by Gasteiger charge is -2.21. The van der Waals surface area contributed by atoms with Gasteiger partial charge in [-0.05, 0) is 18.4 Å². The molecule has 0 bridgehead atoms. The van der Waals surface area contributed by atoms with Crippen LogP contribution in [0.2, 0.25) is 0 Å². The first-order chi connectivity index (χ1) is 9.21. The lowest BCUT2D eigenvalue weighted by molar-refractivity contribution is 0.114. The molecule has 0 aliphatic heterocycles. The van der Waals surface area contributed by atoms with Crippen molar-refractivity contribution < 1.29 is 5.11 Å². The van der Waals surface area contributed by atoms with Gasteiger partial charge in [0.1, 0.15) is 0 Å². The van der Waals surface area contributed by atoms with E-state index >= 15 is 0 Å². The van der Waals surface area contributed by atoms with Crippen LogP contribution < -0.4 is 10.6 Å². The van der Waals surface area contributed by atoms with Gasteiger partial charge in [-0.15, -0.1) is 0 Å². The molecule has 3 N–H and O–H groups in total. The van der Waals surface area contributed by atoms with Gasteiger partial charge < -0.3 is 15.7 Å². The molecule has 0 radical (unpaired) electrons. The van der Waals surface area contributed by atoms with E-state index in [2.05, 4.69) is 36.4 Å². The summed E-state index contributed by atoms with van der Waals surface area (Å²) in [5.41, 5.74) is 1.97. The third-order valence-corrected chi connectivity index (χ3v) is 3.43. The average molecular weight is 265 g/mol. The molecule has 1 rings (SSSR count). The van der Waals surface area contributed by atoms with Crippen LogP contribution in [0, 0.1) is 5.92 Å². The molecule has 0 aliphatic carbocycles. The highest BCUT2D eigenvalue weighted by Gasteiger charge is 2.14. The van der Waals surface area contributed by atoms with Crippen molar-refractivity contribution in [3.63, 3.8) is 0 Å². The Morgan fingerprint density at radius 2 is 1.74 bits per heavy atom. The predicted octanol–water partition coefficient (Wildman–Crippen LogP) is 3.11. The largest absolute Gasteiger partial charge is 0.391 e. The van der Waals surface area contributed by atoms with E-state index < -0.39 is 0 Å². The fourth-order valence-electron chi connectivity index (χ4n) is 2.12. The molecule has 108 valence electrons. The number of pyridine rings is 1. The van der Waals surface area contributed by atoms with E-state index in [1.165, 1.54) is 0 Å². The molecule has 1 aromatic rings. The van der Waals surface area contributed by atoms with Gasteiger partial charge in [-0.2, -0.15) is 0 Å². The molecule has 4 heteroatoms. The molecule has 0 saturated carbocycles. The topological polar surface area (TPSA) is 57.2 Å². The van der Waals surface area contributed by atoms with E-state index in [0.29, 0.717) is 12.5 Å². The summed E-state index contributed by atoms with van der Waals surface area (Å²) in [5, 5.41) is 16.6. The summed E-state index contributed by atoms with van der Waals surface area (Å²) < 4.78 is 0. The van der Waals surface area contributed by atoms with E-state index in [0.717, 1.165) is 37.2 Å². The number of rotatable bonds is 9. The van der Waals surface area contributed by atoms with Crippen LogP contribution in [0.3, 0.4) is 0 Å². The fraction of sp³-hybridized carbons (Fsp3) is 0.667. The molecule has 1 unspecified atom stereocenters. The molecule has 1 atom stereocenters. The Hall–Kier alpha value is -1.29. The highest BCUT2D eigenvalue weighted by molar-refractivity contribution is 5.53. The number of nitrogens with zero attached hydrogens (tertiary/aromatic N) is 1. The smallest absolute Gasteiger partial charge is 0.0740 e. The third-order valence-electron chi connectivity index (χ3n) is 3.43. The average Bonchev–Trinajstić information content (AvgIpc) is 2.44. The Morgan fingerprint density at radius 3 is 2.32 bits per heavy atom. The van der Waals surface area contributed by atoms with Crippen molar-refractivity contribution >= 4 is 11.4 Å². The zero-order valence-electron chi connectivity index (χ0n) is 12.3. The highest BCUT2D eigenvalue weighted by Crippen LogP contribution is 2.16. The summed E-state index contributed by atoms with van der Waals surface area (Å²) in [6, 6.07) is 2.03. The number of aliphatic hydroxyl groups excluding tert-OH is 1. The van der Waals surface area contributed by atoms with Crippen molar-refractivity contribution in [1.29, 1.82) is 0 Å². The van der Waals surface area contributed by atoms with Gasteiger partial charge in [-0.25, -0.2) is 0 Å². The molecule has 0 aliphatic rings. The maximum atomic E-state index is 10.1. The van der Waals surface area contributed by atoms with E-state index in [4.69, 9.17) is 0 Å². The number of nitrogens with one attached hydrogen (secondary N) is 2. The zero-order valence-corrected chi connectivity index (χ0v) is 12.3. The molecule has 0 amide bonds. The first-order valence-electron chi connectivity index (χ1n) is 7.32. The van der Waals surface area contributed by atoms with E-state index in [9.17, 15) is 5.11 Å². The van der Waals surface area contributed by atoms with Gasteiger partial charge in [0.25, 0.3) is 0 Å². The maximum absolute atomic E-state index is 10.1. The SMILES string of the molecule is CCCNc1cncc(NCC(O)C(CC)CC)c1. The van der Waals surface area contributed by atoms with Crippen molar-refractivity contribution in [1.82, 2.24) is 4.98 Å². The Balaban J connectivity index is 2.48. The summed E-state index contributed by atoms with van der Waals surface area (Å²) in [4.78, 5) is 4.19. The van der Waals surface area contributed by atoms with Crippen LogP contribution >= 0.6 is 0 Å². The van der Waals surface area contributed by atoms with Crippen LogP contribution in [0.25, 0.3) is 0 Å². The quantitative estimate of drug-likeness (QED) is 0.642. The Labute approximate surface area is 116 Å². The number of aliphatic hydroxyl groups is 1. The molecular weight excluding hydrogens is 238 g/mol. The van der Waals surface area contributed by atoms with Gasteiger partial charge in [-0.3, -0.25) is 4.98 Å². The van der Waals surface area contributed by atoms with Crippen molar-refractivity contribution in [2.45, 2.75) is 46.1 Å². The molecule has 0 spiro atoms. The number of hydrogen-bond donors (Lipinski definition) is 3. The van der Waals surface area contributed by atoms with Crippen LogP contribution in [-0.2, 0) is 0 Å². The minimum Gasteiger partial charge on any atom is -0.391 e. The lowest BCUT2D eigenvalue weighted by Crippen LogP contribution is -2.27. The summed E-state index contributed by atoms with van der Waals surface area (Å²) in [5.74, 6) is 0.363. The normalized spacial score (nSPS) is 12.5. The third kappa shape index (κ3) is 5.47. The second kappa shape index (κ2) is 8.75. The first kappa shape index (κ1) is 15.8. The molecule has 0 fully saturated rings. The lowest BCUT2D eigenvalue weighted by atomic mass is 9.96. The standard InChI is InChI=1S/C15H27N3O/c1-4-7-17-13-8-14(10-16-9-13)18-11-15(19)12(5-2)6-3/h8-10,12,15,17-19H,4-7,11H2,1-3H3. The number of anilines is 2. The number of hydrogen-bond acceptors (Lipinski definition) is 4. The molecule has 4 nitrogen and oxygen atoms in total. The number of aromatic nitrogens is 1. The van der Waals surface area contributed by atoms with E-state index in [1.807, 2.05) is 12.3 Å². The van der Waals surface area contributed by atoms with Crippen LogP contribution in [-0.4, -0.2) is 29.3 Å². The van der Waals surface area contributed by atoms with Crippen LogP contribution in [0.4, 0.5) is 11.4 Å². The first-order valence-corrected chi connectivity index (χ1v) is 7.32. The highest BCUT2D eigenvalue weighted by atomic mass is 16.3. The predicted molar refractivity (Wildman–Crippen MR) is 81.6 cm³/mol.